The predicted molar refractivity (Wildman–Crippen MR) is 91.2 cm³/mol. The number of likely N-dealkylation sites (N-methyl/N-ethyl adjacent to an activating group) is 1. The largest absolute Gasteiger partial charge is 0.352 e. The van der Waals surface area contributed by atoms with Crippen LogP contribution in [-0.4, -0.2) is 85.4 Å². The van der Waals surface area contributed by atoms with Gasteiger partial charge in [0.25, 0.3) is 0 Å². The highest BCUT2D eigenvalue weighted by Crippen LogP contribution is 2.18. The van der Waals surface area contributed by atoms with Gasteiger partial charge in [0.1, 0.15) is 0 Å². The molecule has 1 aliphatic carbocycles. The Hall–Kier alpha value is -1.14. The van der Waals surface area contributed by atoms with E-state index in [4.69, 9.17) is 0 Å². The normalized spacial score (nSPS) is 22.6. The Morgan fingerprint density at radius 1 is 1.09 bits per heavy atom. The number of piperazine rings is 1. The number of carbonyl (C=O) groups excluding carboxylic acids is 2. The van der Waals surface area contributed by atoms with Gasteiger partial charge in [0.15, 0.2) is 0 Å². The number of hydrogen-bond donors (Lipinski definition) is 1. The third-order valence-corrected chi connectivity index (χ3v) is 5.14. The molecule has 1 atom stereocenters. The molecule has 1 N–H and O–H groups in total. The lowest BCUT2D eigenvalue weighted by molar-refractivity contribution is -0.132. The summed E-state index contributed by atoms with van der Waals surface area (Å²) >= 11 is 0. The lowest BCUT2D eigenvalue weighted by Crippen LogP contribution is -2.56. The molecule has 2 fully saturated rings. The van der Waals surface area contributed by atoms with Gasteiger partial charge in [0.05, 0.1) is 12.6 Å². The molecule has 1 unspecified atom stereocenters. The minimum absolute atomic E-state index is 0.0800. The molecule has 2 aliphatic rings. The Labute approximate surface area is 140 Å². The monoisotopic (exact) mass is 324 g/mol. The van der Waals surface area contributed by atoms with Crippen LogP contribution in [0.3, 0.4) is 0 Å². The van der Waals surface area contributed by atoms with Gasteiger partial charge in [-0.1, -0.05) is 19.3 Å². The average molecular weight is 324 g/mol. The minimum atomic E-state index is -0.0800. The van der Waals surface area contributed by atoms with Crippen molar-refractivity contribution in [2.45, 2.75) is 51.1 Å². The number of hydrogen-bond acceptors (Lipinski definition) is 4. The maximum absolute atomic E-state index is 12.4. The topological polar surface area (TPSA) is 55.9 Å². The number of rotatable bonds is 5. The summed E-state index contributed by atoms with van der Waals surface area (Å²) in [6, 6.07) is 0.293. The third kappa shape index (κ3) is 5.46. The molecular formula is C17H32N4O2. The van der Waals surface area contributed by atoms with Gasteiger partial charge >= 0.3 is 0 Å². The van der Waals surface area contributed by atoms with E-state index in [1.807, 2.05) is 6.92 Å². The lowest BCUT2D eigenvalue weighted by Gasteiger charge is -2.38. The van der Waals surface area contributed by atoms with E-state index >= 15 is 0 Å². The van der Waals surface area contributed by atoms with Crippen LogP contribution in [-0.2, 0) is 9.59 Å². The maximum atomic E-state index is 12.4. The van der Waals surface area contributed by atoms with Crippen molar-refractivity contribution in [1.82, 2.24) is 20.0 Å². The first-order chi connectivity index (χ1) is 11.0. The second-order valence-electron chi connectivity index (χ2n) is 7.12. The first kappa shape index (κ1) is 18.2. The molecular weight excluding hydrogens is 292 g/mol. The van der Waals surface area contributed by atoms with Crippen LogP contribution in [0.25, 0.3) is 0 Å². The van der Waals surface area contributed by atoms with Crippen molar-refractivity contribution < 1.29 is 9.59 Å². The fraction of sp³-hybridized carbons (Fsp3) is 0.882. The molecule has 0 spiro atoms. The molecule has 2 rings (SSSR count). The summed E-state index contributed by atoms with van der Waals surface area (Å²) in [6.45, 7) is 5.86. The van der Waals surface area contributed by atoms with Crippen molar-refractivity contribution in [2.75, 3.05) is 46.8 Å². The Morgan fingerprint density at radius 2 is 1.70 bits per heavy atom. The summed E-state index contributed by atoms with van der Waals surface area (Å²) in [5.41, 5.74) is 0. The van der Waals surface area contributed by atoms with Gasteiger partial charge in [0.2, 0.25) is 11.8 Å². The zero-order valence-corrected chi connectivity index (χ0v) is 14.9. The first-order valence-corrected chi connectivity index (χ1v) is 8.94. The zero-order chi connectivity index (χ0) is 16.8. The average Bonchev–Trinajstić information content (AvgIpc) is 2.55. The molecule has 23 heavy (non-hydrogen) atoms. The summed E-state index contributed by atoms with van der Waals surface area (Å²) < 4.78 is 0. The molecule has 1 saturated carbocycles. The van der Waals surface area contributed by atoms with E-state index in [0.29, 0.717) is 12.6 Å². The highest BCUT2D eigenvalue weighted by Gasteiger charge is 2.27. The molecule has 0 radical (unpaired) electrons. The van der Waals surface area contributed by atoms with Crippen molar-refractivity contribution in [3.8, 4) is 0 Å². The van der Waals surface area contributed by atoms with Crippen LogP contribution in [0.2, 0.25) is 0 Å². The molecule has 0 aromatic carbocycles. The van der Waals surface area contributed by atoms with Crippen LogP contribution in [0.4, 0.5) is 0 Å². The molecule has 0 aromatic rings. The highest BCUT2D eigenvalue weighted by atomic mass is 16.2. The Bertz CT molecular complexity index is 399. The van der Waals surface area contributed by atoms with Crippen LogP contribution in [0.1, 0.15) is 39.0 Å². The molecule has 1 heterocycles. The number of nitrogens with one attached hydrogen (secondary N) is 1. The van der Waals surface area contributed by atoms with Crippen LogP contribution in [0.15, 0.2) is 0 Å². The quantitative estimate of drug-likeness (QED) is 0.801. The van der Waals surface area contributed by atoms with E-state index in [0.717, 1.165) is 39.0 Å². The molecule has 1 aliphatic heterocycles. The van der Waals surface area contributed by atoms with E-state index in [1.54, 1.807) is 19.0 Å². The molecule has 1 saturated heterocycles. The van der Waals surface area contributed by atoms with E-state index in [-0.39, 0.29) is 17.9 Å². The molecule has 2 amide bonds. The third-order valence-electron chi connectivity index (χ3n) is 5.14. The number of amides is 2. The number of carbonyl (C=O) groups is 2. The van der Waals surface area contributed by atoms with Crippen molar-refractivity contribution in [3.05, 3.63) is 0 Å². The first-order valence-electron chi connectivity index (χ1n) is 8.94. The van der Waals surface area contributed by atoms with Gasteiger partial charge in [-0.05, 0) is 19.8 Å². The summed E-state index contributed by atoms with van der Waals surface area (Å²) in [6.07, 6.45) is 6.02. The SMILES string of the molecule is CC(C(=O)NC1CCCCC1)N1CCN(CC(=O)N(C)C)CC1. The Balaban J connectivity index is 1.73. The van der Waals surface area contributed by atoms with Gasteiger partial charge in [-0.3, -0.25) is 19.4 Å². The van der Waals surface area contributed by atoms with Gasteiger partial charge in [-0.15, -0.1) is 0 Å². The van der Waals surface area contributed by atoms with Gasteiger partial charge < -0.3 is 10.2 Å². The van der Waals surface area contributed by atoms with Crippen molar-refractivity contribution >= 4 is 11.8 Å². The fourth-order valence-corrected chi connectivity index (χ4v) is 3.38. The lowest BCUT2D eigenvalue weighted by atomic mass is 9.95. The minimum Gasteiger partial charge on any atom is -0.352 e. The number of nitrogens with zero attached hydrogens (tertiary/aromatic N) is 3. The van der Waals surface area contributed by atoms with Gasteiger partial charge in [-0.25, -0.2) is 0 Å². The van der Waals surface area contributed by atoms with Crippen molar-refractivity contribution in [2.24, 2.45) is 0 Å². The maximum Gasteiger partial charge on any atom is 0.237 e. The summed E-state index contributed by atoms with van der Waals surface area (Å²) in [5, 5.41) is 3.22. The summed E-state index contributed by atoms with van der Waals surface area (Å²) in [4.78, 5) is 30.2. The molecule has 0 aromatic heterocycles. The molecule has 6 heteroatoms. The van der Waals surface area contributed by atoms with Gasteiger partial charge in [0, 0.05) is 46.3 Å². The molecule has 132 valence electrons. The smallest absolute Gasteiger partial charge is 0.237 e. The van der Waals surface area contributed by atoms with E-state index in [1.165, 1.54) is 19.3 Å². The van der Waals surface area contributed by atoms with Crippen LogP contribution >= 0.6 is 0 Å². The predicted octanol–water partition coefficient (Wildman–Crippen LogP) is 0.530. The second-order valence-corrected chi connectivity index (χ2v) is 7.12. The summed E-state index contributed by atoms with van der Waals surface area (Å²) in [7, 11) is 3.58. The standard InChI is InChI=1S/C17H32N4O2/c1-14(17(23)18-15-7-5-4-6-8-15)21-11-9-20(10-12-21)13-16(22)19(2)3/h14-15H,4-13H2,1-3H3,(H,18,23). The van der Waals surface area contributed by atoms with Crippen molar-refractivity contribution in [1.29, 1.82) is 0 Å². The second kappa shape index (κ2) is 8.64. The molecule has 0 bridgehead atoms. The Morgan fingerprint density at radius 3 is 2.26 bits per heavy atom. The van der Waals surface area contributed by atoms with E-state index in [2.05, 4.69) is 15.1 Å². The van der Waals surface area contributed by atoms with Crippen LogP contribution < -0.4 is 5.32 Å². The van der Waals surface area contributed by atoms with Crippen molar-refractivity contribution in [3.63, 3.8) is 0 Å². The van der Waals surface area contributed by atoms with E-state index < -0.39 is 0 Å². The highest BCUT2D eigenvalue weighted by molar-refractivity contribution is 5.81. The van der Waals surface area contributed by atoms with Gasteiger partial charge in [-0.2, -0.15) is 0 Å². The summed E-state index contributed by atoms with van der Waals surface area (Å²) in [5.74, 6) is 0.302. The van der Waals surface area contributed by atoms with Crippen LogP contribution in [0, 0.1) is 0 Å². The Kier molecular flexibility index (Phi) is 6.84. The molecule has 6 nitrogen and oxygen atoms in total. The van der Waals surface area contributed by atoms with E-state index in [9.17, 15) is 9.59 Å². The fourth-order valence-electron chi connectivity index (χ4n) is 3.38. The zero-order valence-electron chi connectivity index (χ0n) is 14.9. The van der Waals surface area contributed by atoms with Crippen LogP contribution in [0.5, 0.6) is 0 Å².